The van der Waals surface area contributed by atoms with Gasteiger partial charge in [0, 0.05) is 36.5 Å². The molecule has 20 heavy (non-hydrogen) atoms. The molecule has 2 aromatic rings. The van der Waals surface area contributed by atoms with Crippen LogP contribution in [0.1, 0.15) is 19.5 Å². The average molecular weight is 271 g/mol. The lowest BCUT2D eigenvalue weighted by atomic mass is 10.2. The Labute approximate surface area is 119 Å². The largest absolute Gasteiger partial charge is 0.354 e. The molecule has 106 valence electrons. The van der Waals surface area contributed by atoms with Crippen molar-refractivity contribution < 1.29 is 4.79 Å². The Kier molecular flexibility index (Phi) is 4.56. The second-order valence-corrected chi connectivity index (χ2v) is 5.19. The summed E-state index contributed by atoms with van der Waals surface area (Å²) in [6, 6.07) is 10.1. The molecule has 0 saturated heterocycles. The van der Waals surface area contributed by atoms with Gasteiger partial charge in [0.15, 0.2) is 0 Å². The Morgan fingerprint density at radius 3 is 2.65 bits per heavy atom. The molecule has 1 aromatic heterocycles. The van der Waals surface area contributed by atoms with E-state index in [1.54, 1.807) is 0 Å². The summed E-state index contributed by atoms with van der Waals surface area (Å²) in [5.41, 5.74) is 2.19. The minimum atomic E-state index is 0.0208. The number of hydrogen-bond donors (Lipinski definition) is 1. The van der Waals surface area contributed by atoms with Crippen LogP contribution in [0.5, 0.6) is 0 Å². The predicted octanol–water partition coefficient (Wildman–Crippen LogP) is 2.63. The van der Waals surface area contributed by atoms with Crippen molar-refractivity contribution in [3.63, 3.8) is 0 Å². The van der Waals surface area contributed by atoms with Crippen LogP contribution in [-0.2, 0) is 11.3 Å². The summed E-state index contributed by atoms with van der Waals surface area (Å²) in [5, 5.41) is 2.94. The minimum Gasteiger partial charge on any atom is -0.354 e. The van der Waals surface area contributed by atoms with Crippen LogP contribution >= 0.6 is 0 Å². The Bertz CT molecular complexity index is 573. The fourth-order valence-corrected chi connectivity index (χ4v) is 2.06. The number of nitrogens with zero attached hydrogens (tertiary/aromatic N) is 2. The lowest BCUT2D eigenvalue weighted by Gasteiger charge is -2.12. The van der Waals surface area contributed by atoms with Gasteiger partial charge in [0.05, 0.1) is 0 Å². The predicted molar refractivity (Wildman–Crippen MR) is 80.2 cm³/mol. The van der Waals surface area contributed by atoms with Gasteiger partial charge in [-0.15, -0.1) is 0 Å². The van der Waals surface area contributed by atoms with Crippen LogP contribution in [0.15, 0.2) is 36.5 Å². The summed E-state index contributed by atoms with van der Waals surface area (Å²) >= 11 is 0. The van der Waals surface area contributed by atoms with Gasteiger partial charge in [0.2, 0.25) is 5.91 Å². The van der Waals surface area contributed by atoms with E-state index in [4.69, 9.17) is 0 Å². The third-order valence-electron chi connectivity index (χ3n) is 3.25. The molecule has 0 bridgehead atoms. The number of hydrogen-bond acceptors (Lipinski definition) is 2. The van der Waals surface area contributed by atoms with Crippen LogP contribution in [0.3, 0.4) is 0 Å². The van der Waals surface area contributed by atoms with Crippen LogP contribution < -0.4 is 5.32 Å². The average Bonchev–Trinajstić information content (AvgIpc) is 2.81. The normalized spacial score (nSPS) is 10.8. The van der Waals surface area contributed by atoms with Crippen LogP contribution in [0.4, 0.5) is 0 Å². The first-order valence-corrected chi connectivity index (χ1v) is 6.95. The molecular weight excluding hydrogens is 250 g/mol. The highest BCUT2D eigenvalue weighted by Gasteiger charge is 2.10. The fraction of sp³-hybridized carbons (Fsp3) is 0.375. The summed E-state index contributed by atoms with van der Waals surface area (Å²) in [6.45, 7) is 7.17. The van der Waals surface area contributed by atoms with E-state index in [2.05, 4.69) is 14.9 Å². The van der Waals surface area contributed by atoms with Crippen molar-refractivity contribution in [1.29, 1.82) is 0 Å². The molecule has 0 radical (unpaired) electrons. The van der Waals surface area contributed by atoms with E-state index in [1.165, 1.54) is 0 Å². The van der Waals surface area contributed by atoms with E-state index in [0.717, 1.165) is 23.6 Å². The molecule has 2 rings (SSSR count). The van der Waals surface area contributed by atoms with Gasteiger partial charge in [0.1, 0.15) is 5.82 Å². The van der Waals surface area contributed by atoms with Crippen LogP contribution in [0, 0.1) is 12.8 Å². The number of amides is 1. The molecule has 4 heteroatoms. The van der Waals surface area contributed by atoms with Gasteiger partial charge in [-0.3, -0.25) is 4.79 Å². The van der Waals surface area contributed by atoms with Gasteiger partial charge < -0.3 is 9.88 Å². The lowest BCUT2D eigenvalue weighted by Crippen LogP contribution is -2.30. The lowest BCUT2D eigenvalue weighted by molar-refractivity contribution is -0.124. The van der Waals surface area contributed by atoms with Crippen LogP contribution in [0.25, 0.3) is 11.4 Å². The summed E-state index contributed by atoms with van der Waals surface area (Å²) in [6.07, 6.45) is 1.87. The molecule has 4 nitrogen and oxygen atoms in total. The van der Waals surface area contributed by atoms with Gasteiger partial charge in [0.25, 0.3) is 0 Å². The van der Waals surface area contributed by atoms with Gasteiger partial charge in [-0.1, -0.05) is 44.2 Å². The third kappa shape index (κ3) is 3.26. The highest BCUT2D eigenvalue weighted by atomic mass is 16.1. The number of aryl methyl sites for hydroxylation is 1. The fourth-order valence-electron chi connectivity index (χ4n) is 2.06. The first-order chi connectivity index (χ1) is 9.59. The standard InChI is InChI=1S/C16H21N3O/c1-12(2)16(20)17-9-10-19-13(3)11-18-15(19)14-7-5-4-6-8-14/h4-8,11-12H,9-10H2,1-3H3,(H,17,20). The van der Waals surface area contributed by atoms with Gasteiger partial charge in [-0.25, -0.2) is 4.98 Å². The van der Waals surface area contributed by atoms with Crippen LogP contribution in [0.2, 0.25) is 0 Å². The quantitative estimate of drug-likeness (QED) is 0.908. The van der Waals surface area contributed by atoms with Gasteiger partial charge in [-0.05, 0) is 6.92 Å². The van der Waals surface area contributed by atoms with E-state index < -0.39 is 0 Å². The highest BCUT2D eigenvalue weighted by Crippen LogP contribution is 2.18. The number of carbonyl (C=O) groups is 1. The zero-order valence-electron chi connectivity index (χ0n) is 12.3. The van der Waals surface area contributed by atoms with Crippen molar-refractivity contribution in [1.82, 2.24) is 14.9 Å². The first kappa shape index (κ1) is 14.3. The molecule has 0 aliphatic heterocycles. The van der Waals surface area contributed by atoms with Gasteiger partial charge >= 0.3 is 0 Å². The van der Waals surface area contributed by atoms with Crippen LogP contribution in [-0.4, -0.2) is 22.0 Å². The molecule has 0 unspecified atom stereocenters. The summed E-state index contributed by atoms with van der Waals surface area (Å²) in [5.74, 6) is 1.05. The molecule has 0 fully saturated rings. The zero-order chi connectivity index (χ0) is 14.5. The van der Waals surface area contributed by atoms with E-state index in [0.29, 0.717) is 6.54 Å². The number of nitrogens with one attached hydrogen (secondary N) is 1. The number of rotatable bonds is 5. The van der Waals surface area contributed by atoms with E-state index in [9.17, 15) is 4.79 Å². The third-order valence-corrected chi connectivity index (χ3v) is 3.25. The van der Waals surface area contributed by atoms with E-state index >= 15 is 0 Å². The number of aromatic nitrogens is 2. The Balaban J connectivity index is 2.09. The topological polar surface area (TPSA) is 46.9 Å². The zero-order valence-corrected chi connectivity index (χ0v) is 12.3. The van der Waals surface area contributed by atoms with E-state index in [1.807, 2.05) is 57.3 Å². The number of imidazole rings is 1. The van der Waals surface area contributed by atoms with Crippen molar-refractivity contribution in [2.75, 3.05) is 6.54 Å². The van der Waals surface area contributed by atoms with Crippen molar-refractivity contribution >= 4 is 5.91 Å². The molecule has 1 heterocycles. The molecule has 0 atom stereocenters. The molecule has 1 N–H and O–H groups in total. The molecule has 0 aliphatic carbocycles. The SMILES string of the molecule is Cc1cnc(-c2ccccc2)n1CCNC(=O)C(C)C. The number of carbonyl (C=O) groups excluding carboxylic acids is 1. The Hall–Kier alpha value is -2.10. The molecule has 0 saturated carbocycles. The molecule has 0 spiro atoms. The molecule has 1 aromatic carbocycles. The van der Waals surface area contributed by atoms with Crippen molar-refractivity contribution in [3.05, 3.63) is 42.2 Å². The summed E-state index contributed by atoms with van der Waals surface area (Å²) < 4.78 is 2.13. The second kappa shape index (κ2) is 6.37. The Morgan fingerprint density at radius 1 is 1.30 bits per heavy atom. The maximum atomic E-state index is 11.6. The first-order valence-electron chi connectivity index (χ1n) is 6.95. The molecular formula is C16H21N3O. The molecule has 1 amide bonds. The second-order valence-electron chi connectivity index (χ2n) is 5.19. The smallest absolute Gasteiger partial charge is 0.222 e. The van der Waals surface area contributed by atoms with E-state index in [-0.39, 0.29) is 11.8 Å². The van der Waals surface area contributed by atoms with Crippen molar-refractivity contribution in [2.24, 2.45) is 5.92 Å². The van der Waals surface area contributed by atoms with Crippen molar-refractivity contribution in [3.8, 4) is 11.4 Å². The maximum Gasteiger partial charge on any atom is 0.222 e. The number of benzene rings is 1. The monoisotopic (exact) mass is 271 g/mol. The summed E-state index contributed by atoms with van der Waals surface area (Å²) in [7, 11) is 0. The minimum absolute atomic E-state index is 0.0208. The maximum absolute atomic E-state index is 11.6. The highest BCUT2D eigenvalue weighted by molar-refractivity contribution is 5.77. The molecule has 0 aliphatic rings. The van der Waals surface area contributed by atoms with Crippen molar-refractivity contribution in [2.45, 2.75) is 27.3 Å². The van der Waals surface area contributed by atoms with Gasteiger partial charge in [-0.2, -0.15) is 0 Å². The Morgan fingerprint density at radius 2 is 2.00 bits per heavy atom. The summed E-state index contributed by atoms with van der Waals surface area (Å²) in [4.78, 5) is 16.0.